The fraction of sp³-hybridized carbons (Fsp3) is 0.368. The SMILES string of the molecule is CNC[C@H](c1ccccc1)C(CCO)OCc1ccccc1. The first kappa shape index (κ1) is 16.7. The maximum absolute atomic E-state index is 9.40. The molecule has 2 N–H and O–H groups in total. The van der Waals surface area contributed by atoms with Crippen molar-refractivity contribution in [3.63, 3.8) is 0 Å². The standard InChI is InChI=1S/C19H25NO2/c1-20-14-18(17-10-6-3-7-11-17)19(12-13-21)22-15-16-8-4-2-5-9-16/h2-11,18-21H,12-15H2,1H3/t18-,19?/m1/s1. The van der Waals surface area contributed by atoms with Crippen LogP contribution in [0.5, 0.6) is 0 Å². The molecule has 2 atom stereocenters. The minimum Gasteiger partial charge on any atom is -0.396 e. The van der Waals surface area contributed by atoms with Gasteiger partial charge in [0, 0.05) is 19.1 Å². The van der Waals surface area contributed by atoms with Gasteiger partial charge in [0.15, 0.2) is 0 Å². The summed E-state index contributed by atoms with van der Waals surface area (Å²) in [4.78, 5) is 0. The molecule has 0 aliphatic rings. The van der Waals surface area contributed by atoms with Crippen molar-refractivity contribution in [1.29, 1.82) is 0 Å². The van der Waals surface area contributed by atoms with E-state index in [2.05, 4.69) is 29.6 Å². The Morgan fingerprint density at radius 3 is 2.23 bits per heavy atom. The summed E-state index contributed by atoms with van der Waals surface area (Å²) < 4.78 is 6.14. The summed E-state index contributed by atoms with van der Waals surface area (Å²) >= 11 is 0. The molecule has 0 heterocycles. The van der Waals surface area contributed by atoms with Gasteiger partial charge in [-0.05, 0) is 24.6 Å². The number of benzene rings is 2. The van der Waals surface area contributed by atoms with Crippen LogP contribution >= 0.6 is 0 Å². The second-order valence-corrected chi connectivity index (χ2v) is 5.42. The van der Waals surface area contributed by atoms with Crippen LogP contribution in [-0.2, 0) is 11.3 Å². The number of aliphatic hydroxyl groups excluding tert-OH is 1. The van der Waals surface area contributed by atoms with Crippen LogP contribution in [0, 0.1) is 0 Å². The quantitative estimate of drug-likeness (QED) is 0.748. The smallest absolute Gasteiger partial charge is 0.0720 e. The van der Waals surface area contributed by atoms with Gasteiger partial charge in [0.1, 0.15) is 0 Å². The van der Waals surface area contributed by atoms with E-state index in [1.807, 2.05) is 43.4 Å². The highest BCUT2D eigenvalue weighted by molar-refractivity contribution is 5.21. The largest absolute Gasteiger partial charge is 0.396 e. The second-order valence-electron chi connectivity index (χ2n) is 5.42. The van der Waals surface area contributed by atoms with E-state index < -0.39 is 0 Å². The molecule has 0 aliphatic heterocycles. The van der Waals surface area contributed by atoms with Crippen LogP contribution in [0.2, 0.25) is 0 Å². The van der Waals surface area contributed by atoms with Gasteiger partial charge in [-0.3, -0.25) is 0 Å². The lowest BCUT2D eigenvalue weighted by Crippen LogP contribution is -2.31. The Kier molecular flexibility index (Phi) is 7.10. The summed E-state index contributed by atoms with van der Waals surface area (Å²) in [7, 11) is 1.95. The van der Waals surface area contributed by atoms with E-state index in [1.165, 1.54) is 5.56 Å². The van der Waals surface area contributed by atoms with E-state index in [0.29, 0.717) is 13.0 Å². The van der Waals surface area contributed by atoms with Gasteiger partial charge >= 0.3 is 0 Å². The van der Waals surface area contributed by atoms with Crippen molar-refractivity contribution < 1.29 is 9.84 Å². The number of hydrogen-bond donors (Lipinski definition) is 2. The zero-order valence-electron chi connectivity index (χ0n) is 13.1. The molecule has 0 aliphatic carbocycles. The van der Waals surface area contributed by atoms with Crippen LogP contribution in [0.4, 0.5) is 0 Å². The molecular weight excluding hydrogens is 274 g/mol. The van der Waals surface area contributed by atoms with Gasteiger partial charge in [-0.25, -0.2) is 0 Å². The van der Waals surface area contributed by atoms with E-state index in [1.54, 1.807) is 0 Å². The van der Waals surface area contributed by atoms with Gasteiger partial charge in [-0.15, -0.1) is 0 Å². The fourth-order valence-corrected chi connectivity index (χ4v) is 2.69. The van der Waals surface area contributed by atoms with Crippen molar-refractivity contribution in [1.82, 2.24) is 5.32 Å². The molecule has 22 heavy (non-hydrogen) atoms. The first-order valence-electron chi connectivity index (χ1n) is 7.81. The molecule has 3 heteroatoms. The van der Waals surface area contributed by atoms with Crippen LogP contribution in [0.25, 0.3) is 0 Å². The number of likely N-dealkylation sites (N-methyl/N-ethyl adjacent to an activating group) is 1. The average molecular weight is 299 g/mol. The highest BCUT2D eigenvalue weighted by Crippen LogP contribution is 2.24. The molecule has 0 saturated heterocycles. The highest BCUT2D eigenvalue weighted by Gasteiger charge is 2.23. The Balaban J connectivity index is 2.09. The highest BCUT2D eigenvalue weighted by atomic mass is 16.5. The molecule has 0 saturated carbocycles. The van der Waals surface area contributed by atoms with E-state index >= 15 is 0 Å². The third-order valence-electron chi connectivity index (χ3n) is 3.82. The van der Waals surface area contributed by atoms with Crippen molar-refractivity contribution in [3.05, 3.63) is 71.8 Å². The Hall–Kier alpha value is -1.68. The molecule has 0 spiro atoms. The third-order valence-corrected chi connectivity index (χ3v) is 3.82. The maximum Gasteiger partial charge on any atom is 0.0720 e. The monoisotopic (exact) mass is 299 g/mol. The maximum atomic E-state index is 9.40. The number of ether oxygens (including phenoxy) is 1. The summed E-state index contributed by atoms with van der Waals surface area (Å²) in [5.74, 6) is 0.224. The van der Waals surface area contributed by atoms with E-state index in [-0.39, 0.29) is 18.6 Å². The molecule has 0 amide bonds. The topological polar surface area (TPSA) is 41.5 Å². The predicted molar refractivity (Wildman–Crippen MR) is 89.8 cm³/mol. The minimum absolute atomic E-state index is 0.0138. The van der Waals surface area contributed by atoms with Gasteiger partial charge in [0.25, 0.3) is 0 Å². The number of nitrogens with one attached hydrogen (secondary N) is 1. The molecule has 2 rings (SSSR count). The summed E-state index contributed by atoms with van der Waals surface area (Å²) in [6.45, 7) is 1.52. The van der Waals surface area contributed by atoms with Crippen LogP contribution in [0.1, 0.15) is 23.5 Å². The average Bonchev–Trinajstić information content (AvgIpc) is 2.58. The molecule has 2 aromatic carbocycles. The van der Waals surface area contributed by atoms with Gasteiger partial charge in [-0.1, -0.05) is 60.7 Å². The fourth-order valence-electron chi connectivity index (χ4n) is 2.69. The molecule has 0 bridgehead atoms. The molecule has 0 fully saturated rings. The molecule has 0 radical (unpaired) electrons. The Labute approximate surface area is 133 Å². The van der Waals surface area contributed by atoms with E-state index in [4.69, 9.17) is 4.74 Å². The summed E-state index contributed by atoms with van der Waals surface area (Å²) in [6, 6.07) is 20.5. The van der Waals surface area contributed by atoms with Crippen LogP contribution < -0.4 is 5.32 Å². The first-order valence-corrected chi connectivity index (χ1v) is 7.81. The third kappa shape index (κ3) is 4.95. The van der Waals surface area contributed by atoms with Crippen molar-refractivity contribution in [2.24, 2.45) is 0 Å². The Morgan fingerprint density at radius 1 is 1.00 bits per heavy atom. The van der Waals surface area contributed by atoms with Gasteiger partial charge in [-0.2, -0.15) is 0 Å². The molecule has 1 unspecified atom stereocenters. The van der Waals surface area contributed by atoms with E-state index in [9.17, 15) is 5.11 Å². The first-order chi connectivity index (χ1) is 10.8. The summed E-state index contributed by atoms with van der Waals surface area (Å²) in [5.41, 5.74) is 2.39. The van der Waals surface area contributed by atoms with Gasteiger partial charge in [0.2, 0.25) is 0 Å². The van der Waals surface area contributed by atoms with Crippen LogP contribution in [-0.4, -0.2) is 31.4 Å². The van der Waals surface area contributed by atoms with Gasteiger partial charge < -0.3 is 15.2 Å². The molecule has 2 aromatic rings. The normalized spacial score (nSPS) is 13.7. The predicted octanol–water partition coefficient (Wildman–Crippen LogP) is 2.96. The van der Waals surface area contributed by atoms with Crippen molar-refractivity contribution in [2.75, 3.05) is 20.2 Å². The van der Waals surface area contributed by atoms with Crippen molar-refractivity contribution in [2.45, 2.75) is 25.0 Å². The van der Waals surface area contributed by atoms with Gasteiger partial charge in [0.05, 0.1) is 12.7 Å². The molecule has 3 nitrogen and oxygen atoms in total. The Morgan fingerprint density at radius 2 is 1.64 bits per heavy atom. The second kappa shape index (κ2) is 9.36. The van der Waals surface area contributed by atoms with E-state index in [0.717, 1.165) is 12.1 Å². The Bertz CT molecular complexity index is 515. The number of hydrogen-bond acceptors (Lipinski definition) is 3. The number of aliphatic hydroxyl groups is 1. The lowest BCUT2D eigenvalue weighted by molar-refractivity contribution is 0.00688. The van der Waals surface area contributed by atoms with Crippen molar-refractivity contribution >= 4 is 0 Å². The van der Waals surface area contributed by atoms with Crippen LogP contribution in [0.3, 0.4) is 0 Å². The summed E-state index contributed by atoms with van der Waals surface area (Å²) in [6.07, 6.45) is 0.619. The molecule has 0 aromatic heterocycles. The summed E-state index contributed by atoms with van der Waals surface area (Å²) in [5, 5.41) is 12.6. The molecular formula is C19H25NO2. The minimum atomic E-state index is -0.0138. The lowest BCUT2D eigenvalue weighted by atomic mass is 9.91. The van der Waals surface area contributed by atoms with Crippen molar-refractivity contribution in [3.8, 4) is 0 Å². The molecule has 118 valence electrons. The number of rotatable bonds is 9. The van der Waals surface area contributed by atoms with Crippen LogP contribution in [0.15, 0.2) is 60.7 Å². The zero-order valence-corrected chi connectivity index (χ0v) is 13.1. The lowest BCUT2D eigenvalue weighted by Gasteiger charge is -2.27. The zero-order chi connectivity index (χ0) is 15.6.